The first-order valence-corrected chi connectivity index (χ1v) is 12.3. The predicted octanol–water partition coefficient (Wildman–Crippen LogP) is 3.90. The maximum atomic E-state index is 11.6. The number of carbonyl (C=O) groups is 1. The zero-order valence-electron chi connectivity index (χ0n) is 20.4. The first kappa shape index (κ1) is 24.8. The standard InChI is InChI=1S/C26H34N6O3/c1-19(30-34)8-5-3-4-6-11-32-18-27-23-25(31-12-14-35-15-13-31)28-24(29-26(23)32)22-10-7-9-21(17-22)16-20(2)33/h7,9-10,17-18,30,34H,1,3-6,8,11-16H2,2H3. The fourth-order valence-electron chi connectivity index (χ4n) is 4.36. The average Bonchev–Trinajstić information content (AvgIpc) is 3.28. The summed E-state index contributed by atoms with van der Waals surface area (Å²) in [6, 6.07) is 7.90. The van der Waals surface area contributed by atoms with Gasteiger partial charge in [0.15, 0.2) is 22.8 Å². The van der Waals surface area contributed by atoms with E-state index in [1.807, 2.05) is 30.6 Å². The van der Waals surface area contributed by atoms with Crippen molar-refractivity contribution in [3.63, 3.8) is 0 Å². The van der Waals surface area contributed by atoms with E-state index in [0.29, 0.717) is 31.2 Å². The van der Waals surface area contributed by atoms with Crippen molar-refractivity contribution in [2.75, 3.05) is 31.2 Å². The summed E-state index contributed by atoms with van der Waals surface area (Å²) in [5.74, 6) is 1.60. The number of morpholine rings is 1. The Balaban J connectivity index is 1.59. The number of hydroxylamine groups is 1. The summed E-state index contributed by atoms with van der Waals surface area (Å²) in [7, 11) is 0. The summed E-state index contributed by atoms with van der Waals surface area (Å²) in [6.45, 7) is 9.01. The van der Waals surface area contributed by atoms with Crippen LogP contribution in [0, 0.1) is 0 Å². The summed E-state index contributed by atoms with van der Waals surface area (Å²) in [5, 5.41) is 8.84. The normalized spacial score (nSPS) is 13.8. The van der Waals surface area contributed by atoms with Gasteiger partial charge in [0.1, 0.15) is 5.78 Å². The number of nitrogens with one attached hydrogen (secondary N) is 1. The lowest BCUT2D eigenvalue weighted by molar-refractivity contribution is -0.116. The molecule has 0 bridgehead atoms. The molecule has 1 aromatic carbocycles. The number of anilines is 1. The van der Waals surface area contributed by atoms with Gasteiger partial charge in [0.2, 0.25) is 0 Å². The van der Waals surface area contributed by atoms with Gasteiger partial charge < -0.3 is 14.2 Å². The zero-order valence-corrected chi connectivity index (χ0v) is 20.4. The molecule has 3 heterocycles. The van der Waals surface area contributed by atoms with Crippen LogP contribution in [0.2, 0.25) is 0 Å². The van der Waals surface area contributed by atoms with Crippen LogP contribution in [-0.4, -0.2) is 56.8 Å². The Hall–Kier alpha value is -3.30. The Morgan fingerprint density at radius 2 is 1.97 bits per heavy atom. The first-order valence-electron chi connectivity index (χ1n) is 12.3. The number of hydrogen-bond acceptors (Lipinski definition) is 8. The molecule has 0 atom stereocenters. The van der Waals surface area contributed by atoms with Crippen LogP contribution in [0.3, 0.4) is 0 Å². The van der Waals surface area contributed by atoms with E-state index >= 15 is 0 Å². The van der Waals surface area contributed by atoms with Gasteiger partial charge in [-0.2, -0.15) is 0 Å². The number of rotatable bonds is 12. The van der Waals surface area contributed by atoms with Crippen molar-refractivity contribution in [1.82, 2.24) is 25.0 Å². The maximum absolute atomic E-state index is 11.6. The van der Waals surface area contributed by atoms with Gasteiger partial charge in [-0.25, -0.2) is 15.0 Å². The number of ketones is 1. The Morgan fingerprint density at radius 3 is 2.74 bits per heavy atom. The molecule has 1 saturated heterocycles. The molecule has 35 heavy (non-hydrogen) atoms. The van der Waals surface area contributed by atoms with Crippen molar-refractivity contribution >= 4 is 22.8 Å². The molecule has 9 heteroatoms. The highest BCUT2D eigenvalue weighted by molar-refractivity contribution is 5.86. The van der Waals surface area contributed by atoms with Crippen molar-refractivity contribution in [2.45, 2.75) is 52.0 Å². The number of ether oxygens (including phenoxy) is 1. The largest absolute Gasteiger partial charge is 0.378 e. The molecule has 0 amide bonds. The first-order chi connectivity index (χ1) is 17.0. The molecule has 4 rings (SSSR count). The van der Waals surface area contributed by atoms with Crippen molar-refractivity contribution in [3.8, 4) is 11.4 Å². The number of carbonyl (C=O) groups excluding carboxylic acids is 1. The van der Waals surface area contributed by atoms with Crippen molar-refractivity contribution in [3.05, 3.63) is 48.4 Å². The van der Waals surface area contributed by atoms with Crippen LogP contribution in [0.5, 0.6) is 0 Å². The molecule has 0 saturated carbocycles. The third-order valence-corrected chi connectivity index (χ3v) is 6.18. The minimum Gasteiger partial charge on any atom is -0.378 e. The lowest BCUT2D eigenvalue weighted by Gasteiger charge is -2.28. The second kappa shape index (κ2) is 11.9. The van der Waals surface area contributed by atoms with Crippen LogP contribution in [0.1, 0.15) is 44.6 Å². The van der Waals surface area contributed by atoms with E-state index in [4.69, 9.17) is 24.9 Å². The van der Waals surface area contributed by atoms with Crippen LogP contribution in [-0.2, 0) is 22.5 Å². The number of Topliss-reactive ketones (excluding diaryl/α,β-unsaturated/α-hetero) is 1. The second-order valence-electron chi connectivity index (χ2n) is 9.04. The molecule has 0 radical (unpaired) electrons. The number of nitrogens with zero attached hydrogens (tertiary/aromatic N) is 5. The van der Waals surface area contributed by atoms with Crippen LogP contribution < -0.4 is 10.4 Å². The minimum atomic E-state index is 0.127. The van der Waals surface area contributed by atoms with Crippen LogP contribution in [0.25, 0.3) is 22.6 Å². The smallest absolute Gasteiger partial charge is 0.166 e. The Morgan fingerprint density at radius 1 is 1.17 bits per heavy atom. The van der Waals surface area contributed by atoms with Crippen LogP contribution in [0.4, 0.5) is 5.82 Å². The number of aryl methyl sites for hydroxylation is 1. The second-order valence-corrected chi connectivity index (χ2v) is 9.04. The number of benzene rings is 1. The molecule has 0 spiro atoms. The van der Waals surface area contributed by atoms with Gasteiger partial charge in [0.25, 0.3) is 0 Å². The maximum Gasteiger partial charge on any atom is 0.166 e. The van der Waals surface area contributed by atoms with E-state index in [9.17, 15) is 4.79 Å². The van der Waals surface area contributed by atoms with Crippen LogP contribution in [0.15, 0.2) is 42.9 Å². The Kier molecular flexibility index (Phi) is 8.44. The van der Waals surface area contributed by atoms with E-state index in [1.165, 1.54) is 0 Å². The van der Waals surface area contributed by atoms with Gasteiger partial charge in [0.05, 0.1) is 19.5 Å². The van der Waals surface area contributed by atoms with E-state index < -0.39 is 0 Å². The molecule has 0 aliphatic carbocycles. The fraction of sp³-hybridized carbons (Fsp3) is 0.462. The van der Waals surface area contributed by atoms with E-state index in [2.05, 4.69) is 21.5 Å². The van der Waals surface area contributed by atoms with Crippen molar-refractivity contribution in [2.24, 2.45) is 0 Å². The number of allylic oxidation sites excluding steroid dienone is 1. The number of imidazole rings is 1. The van der Waals surface area contributed by atoms with Gasteiger partial charge in [-0.15, -0.1) is 0 Å². The SMILES string of the molecule is C=C(CCCCCCn1cnc2c(N3CCOCC3)nc(-c3cccc(CC(C)=O)c3)nc21)NO. The zero-order chi connectivity index (χ0) is 24.6. The highest BCUT2D eigenvalue weighted by Crippen LogP contribution is 2.28. The summed E-state index contributed by atoms with van der Waals surface area (Å²) in [6.07, 6.45) is 7.15. The van der Waals surface area contributed by atoms with Gasteiger partial charge in [0, 0.05) is 37.3 Å². The highest BCUT2D eigenvalue weighted by atomic mass is 16.5. The van der Waals surface area contributed by atoms with E-state index in [1.54, 1.807) is 6.92 Å². The number of aromatic nitrogens is 4. The summed E-state index contributed by atoms with van der Waals surface area (Å²) in [4.78, 5) is 28.4. The lowest BCUT2D eigenvalue weighted by Crippen LogP contribution is -2.37. The molecule has 1 aliphatic rings. The minimum absolute atomic E-state index is 0.127. The quantitative estimate of drug-likeness (QED) is 0.298. The van der Waals surface area contributed by atoms with Gasteiger partial charge >= 0.3 is 0 Å². The van der Waals surface area contributed by atoms with Gasteiger partial charge in [-0.3, -0.25) is 15.5 Å². The number of fused-ring (bicyclic) bond motifs is 1. The molecule has 2 N–H and O–H groups in total. The van der Waals surface area contributed by atoms with Gasteiger partial charge in [-0.05, 0) is 37.8 Å². The average molecular weight is 479 g/mol. The summed E-state index contributed by atoms with van der Waals surface area (Å²) in [5.41, 5.74) is 6.25. The summed E-state index contributed by atoms with van der Waals surface area (Å²) < 4.78 is 7.66. The number of unbranched alkanes of at least 4 members (excludes halogenated alkanes) is 3. The molecular weight excluding hydrogens is 444 g/mol. The van der Waals surface area contributed by atoms with E-state index in [-0.39, 0.29) is 5.78 Å². The number of hydrogen-bond donors (Lipinski definition) is 2. The third-order valence-electron chi connectivity index (χ3n) is 6.18. The molecule has 3 aromatic rings. The fourth-order valence-corrected chi connectivity index (χ4v) is 4.36. The molecule has 1 aliphatic heterocycles. The molecular formula is C26H34N6O3. The van der Waals surface area contributed by atoms with Gasteiger partial charge in [-0.1, -0.05) is 37.6 Å². The topological polar surface area (TPSA) is 105 Å². The van der Waals surface area contributed by atoms with Crippen LogP contribution >= 0.6 is 0 Å². The Labute approximate surface area is 205 Å². The summed E-state index contributed by atoms with van der Waals surface area (Å²) >= 11 is 0. The lowest BCUT2D eigenvalue weighted by atomic mass is 10.1. The predicted molar refractivity (Wildman–Crippen MR) is 135 cm³/mol. The molecule has 9 nitrogen and oxygen atoms in total. The van der Waals surface area contributed by atoms with E-state index in [0.717, 1.165) is 79.8 Å². The molecule has 186 valence electrons. The third kappa shape index (κ3) is 6.43. The molecule has 0 unspecified atom stereocenters. The van der Waals surface area contributed by atoms with Crippen molar-refractivity contribution in [1.29, 1.82) is 0 Å². The Bertz CT molecular complexity index is 1170. The monoisotopic (exact) mass is 478 g/mol. The molecule has 2 aromatic heterocycles. The van der Waals surface area contributed by atoms with Crippen molar-refractivity contribution < 1.29 is 14.7 Å². The molecule has 1 fully saturated rings. The highest BCUT2D eigenvalue weighted by Gasteiger charge is 2.21.